The van der Waals surface area contributed by atoms with Crippen LogP contribution in [0.1, 0.15) is 176 Å². The fourth-order valence-electron chi connectivity index (χ4n) is 11.5. The van der Waals surface area contributed by atoms with Crippen LogP contribution >= 0.6 is 23.2 Å². The third-order valence-electron chi connectivity index (χ3n) is 17.3. The van der Waals surface area contributed by atoms with Gasteiger partial charge in [-0.15, -0.1) is 10.2 Å². The van der Waals surface area contributed by atoms with Crippen LogP contribution in [0.4, 0.5) is 11.6 Å². The van der Waals surface area contributed by atoms with Crippen molar-refractivity contribution in [3.05, 3.63) is 106 Å². The molecule has 0 bridgehead atoms. The third kappa shape index (κ3) is 18.4. The minimum Gasteiger partial charge on any atom is -0.477 e. The monoisotopic (exact) mass is 1290 g/mol. The van der Waals surface area contributed by atoms with Gasteiger partial charge in [-0.05, 0) is 213 Å². The van der Waals surface area contributed by atoms with Gasteiger partial charge in [-0.2, -0.15) is 16.8 Å². The molecule has 2 atom stereocenters. The molecule has 4 aliphatic rings. The summed E-state index contributed by atoms with van der Waals surface area (Å²) in [7, 11) is -8.57. The van der Waals surface area contributed by atoms with Crippen LogP contribution in [0.5, 0.6) is 11.8 Å². The van der Waals surface area contributed by atoms with Crippen molar-refractivity contribution in [2.75, 3.05) is 43.5 Å². The summed E-state index contributed by atoms with van der Waals surface area (Å²) in [5.41, 5.74) is 2.23. The number of hydrogen-bond acceptors (Lipinski definition) is 17. The van der Waals surface area contributed by atoms with E-state index in [0.29, 0.717) is 94.6 Å². The Labute approximate surface area is 528 Å². The lowest BCUT2D eigenvalue weighted by Gasteiger charge is -2.17. The third-order valence-corrected chi connectivity index (χ3v) is 20.6. The van der Waals surface area contributed by atoms with E-state index in [0.717, 1.165) is 70.3 Å². The Morgan fingerprint density at radius 1 is 0.591 bits per heavy atom. The number of pyridine rings is 4. The van der Waals surface area contributed by atoms with Crippen molar-refractivity contribution >= 4 is 66.7 Å². The molecular weight excluding hydrogens is 1200 g/mol. The van der Waals surface area contributed by atoms with Crippen LogP contribution in [0.15, 0.2) is 83.1 Å². The fraction of sp³-hybridized carbons (Fsp3) is 0.556. The SMILES string of the molecule is Cc1ccc(NCCC[C@@H]2CCC(C)(C)C2)nc1S(=O)(=O)NC(=O)c1ccc(-n2ccc(OCCCC3(C)CC3)n2)nc1Cl.Cc1ccc(NCCC[C@@H]2CNC(C)(C)C2)nc1S(=O)(=O)NC(=O)c1ccc(-n2ccc(OCCCC3(C)CC3)n2)nc1Cl. The van der Waals surface area contributed by atoms with Crippen molar-refractivity contribution in [3.63, 3.8) is 0 Å². The summed E-state index contributed by atoms with van der Waals surface area (Å²) >= 11 is 12.7. The van der Waals surface area contributed by atoms with Gasteiger partial charge in [0.1, 0.15) is 21.9 Å². The van der Waals surface area contributed by atoms with Gasteiger partial charge in [0.2, 0.25) is 11.8 Å². The lowest BCUT2D eigenvalue weighted by Crippen LogP contribution is -2.32. The maximum absolute atomic E-state index is 13.2. The molecule has 0 radical (unpaired) electrons. The highest BCUT2D eigenvalue weighted by Gasteiger charge is 2.37. The Balaban J connectivity index is 0.000000209. The number of nitrogens with one attached hydrogen (secondary N) is 5. The molecule has 10 rings (SSSR count). The van der Waals surface area contributed by atoms with Crippen molar-refractivity contribution in [3.8, 4) is 23.4 Å². The molecule has 0 spiro atoms. The number of rotatable bonds is 28. The number of halogens is 2. The van der Waals surface area contributed by atoms with Gasteiger partial charge in [0.25, 0.3) is 31.9 Å². The number of carbonyl (C=O) groups is 2. The van der Waals surface area contributed by atoms with Gasteiger partial charge in [0.15, 0.2) is 21.7 Å². The standard InChI is InChI=1S/C32H43ClN6O4S.C31H42ClN7O4S/c1-22-8-10-25(34-18-5-7-23-12-15-31(2,3)21-23)35-30(22)44(41,42)38-29(40)24-9-11-26(36-28(24)33)39-19-13-27(37-39)43-20-6-14-32(4)16-17-32;1-21-8-10-24(33-16-5-7-22-19-30(2,3)34-20-22)35-29(21)44(41,42)38-28(40)23-9-11-25(36-27(23)32)39-17-12-26(37-39)43-18-6-13-31(4)14-15-31/h8-11,13,19,23H,5-7,12,14-18,20-21H2,1-4H3,(H,34,35)(H,38,40);8-12,17,22,34H,5-7,13-16,18-20H2,1-4H3,(H,33,35)(H,38,40)/t23-;22-/m10/s1. The van der Waals surface area contributed by atoms with Crippen molar-refractivity contribution in [2.24, 2.45) is 28.1 Å². The van der Waals surface area contributed by atoms with Gasteiger partial charge in [-0.1, -0.05) is 63.0 Å². The van der Waals surface area contributed by atoms with Crippen LogP contribution < -0.4 is 34.9 Å². The molecule has 3 aliphatic carbocycles. The molecular formula is C63H85Cl2N13O8S2. The second kappa shape index (κ2) is 27.8. The van der Waals surface area contributed by atoms with Crippen LogP contribution in [-0.2, 0) is 20.0 Å². The van der Waals surface area contributed by atoms with Gasteiger partial charge < -0.3 is 25.4 Å². The van der Waals surface area contributed by atoms with Crippen molar-refractivity contribution in [1.82, 2.24) is 54.3 Å². The van der Waals surface area contributed by atoms with E-state index in [-0.39, 0.29) is 37.0 Å². The van der Waals surface area contributed by atoms with E-state index in [4.69, 9.17) is 32.7 Å². The Kier molecular flexibility index (Phi) is 20.8. The van der Waals surface area contributed by atoms with E-state index >= 15 is 0 Å². The Bertz CT molecular complexity index is 3440. The van der Waals surface area contributed by atoms with Gasteiger partial charge in [-0.3, -0.25) is 9.59 Å². The van der Waals surface area contributed by atoms with Gasteiger partial charge in [-0.25, -0.2) is 38.7 Å². The van der Waals surface area contributed by atoms with Crippen LogP contribution in [0, 0.1) is 41.9 Å². The number of aromatic nitrogens is 8. The molecule has 2 amide bonds. The molecule has 0 unspecified atom stereocenters. The van der Waals surface area contributed by atoms with Crippen molar-refractivity contribution in [1.29, 1.82) is 0 Å². The van der Waals surface area contributed by atoms with Gasteiger partial charge in [0.05, 0.1) is 24.3 Å². The molecule has 3 saturated carbocycles. The summed E-state index contributed by atoms with van der Waals surface area (Å²) in [6, 6.07) is 16.2. The number of nitrogens with zero attached hydrogens (tertiary/aromatic N) is 8. The first-order valence-electron chi connectivity index (χ1n) is 30.7. The predicted molar refractivity (Wildman–Crippen MR) is 341 cm³/mol. The fourth-order valence-corrected chi connectivity index (χ4v) is 14.3. The maximum Gasteiger partial charge on any atom is 0.282 e. The first-order chi connectivity index (χ1) is 41.6. The van der Waals surface area contributed by atoms with E-state index in [1.807, 2.05) is 0 Å². The average molecular weight is 1290 g/mol. The zero-order valence-electron chi connectivity index (χ0n) is 51.8. The molecule has 7 heterocycles. The number of carbonyl (C=O) groups excluding carboxylic acids is 2. The summed E-state index contributed by atoms with van der Waals surface area (Å²) in [4.78, 5) is 43.1. The van der Waals surface area contributed by atoms with Gasteiger partial charge >= 0.3 is 0 Å². The zero-order chi connectivity index (χ0) is 63.1. The average Bonchev–Trinajstić information content (AvgIpc) is 4.12. The second-order valence-electron chi connectivity index (χ2n) is 26.5. The summed E-state index contributed by atoms with van der Waals surface area (Å²) < 4.78 is 71.5. The Morgan fingerprint density at radius 3 is 1.44 bits per heavy atom. The first kappa shape index (κ1) is 66.0. The lowest BCUT2D eigenvalue weighted by atomic mass is 9.89. The smallest absolute Gasteiger partial charge is 0.282 e. The number of sulfonamides is 2. The second-order valence-corrected chi connectivity index (χ2v) is 30.4. The van der Waals surface area contributed by atoms with Crippen LogP contribution in [0.2, 0.25) is 10.3 Å². The van der Waals surface area contributed by atoms with E-state index in [1.54, 1.807) is 68.7 Å². The summed E-state index contributed by atoms with van der Waals surface area (Å²) in [5.74, 6) is 2.08. The van der Waals surface area contributed by atoms with Crippen molar-refractivity contribution in [2.45, 2.75) is 174 Å². The number of hydrogen-bond donors (Lipinski definition) is 5. The molecule has 0 aromatic carbocycles. The van der Waals surface area contributed by atoms with E-state index < -0.39 is 31.9 Å². The number of amides is 2. The van der Waals surface area contributed by atoms with E-state index in [9.17, 15) is 26.4 Å². The van der Waals surface area contributed by atoms with Gasteiger partial charge in [0, 0.05) is 43.2 Å². The topological polar surface area (TPSA) is 268 Å². The summed E-state index contributed by atoms with van der Waals surface area (Å²) in [5, 5.41) is 18.0. The first-order valence-corrected chi connectivity index (χ1v) is 34.4. The van der Waals surface area contributed by atoms with Crippen LogP contribution in [0.25, 0.3) is 11.6 Å². The van der Waals surface area contributed by atoms with Crippen LogP contribution in [0.3, 0.4) is 0 Å². The van der Waals surface area contributed by atoms with E-state index in [1.165, 1.54) is 72.5 Å². The highest BCUT2D eigenvalue weighted by molar-refractivity contribution is 7.90. The molecule has 88 heavy (non-hydrogen) atoms. The number of aryl methyl sites for hydroxylation is 2. The molecule has 1 saturated heterocycles. The highest BCUT2D eigenvalue weighted by atomic mass is 35.5. The Hall–Kier alpha value is -6.40. The Morgan fingerprint density at radius 2 is 1.05 bits per heavy atom. The zero-order valence-corrected chi connectivity index (χ0v) is 55.0. The molecule has 5 N–H and O–H groups in total. The largest absolute Gasteiger partial charge is 0.477 e. The molecule has 476 valence electrons. The minimum absolute atomic E-state index is 0.0850. The molecule has 21 nitrogen and oxygen atoms in total. The van der Waals surface area contributed by atoms with Crippen molar-refractivity contribution < 1.29 is 35.9 Å². The van der Waals surface area contributed by atoms with Crippen LogP contribution in [-0.4, -0.2) is 107 Å². The molecule has 4 fully saturated rings. The highest BCUT2D eigenvalue weighted by Crippen LogP contribution is 2.49. The quantitative estimate of drug-likeness (QED) is 0.0226. The number of anilines is 2. The van der Waals surface area contributed by atoms with E-state index in [2.05, 4.69) is 97.1 Å². The molecule has 6 aromatic rings. The maximum atomic E-state index is 13.2. The minimum atomic E-state index is -4.29. The normalized spacial score (nSPS) is 18.6. The molecule has 6 aromatic heterocycles. The predicted octanol–water partition coefficient (Wildman–Crippen LogP) is 12.0. The molecule has 25 heteroatoms. The number of ether oxygens (including phenoxy) is 2. The summed E-state index contributed by atoms with van der Waals surface area (Å²) in [6.45, 7) is 20.5. The lowest BCUT2D eigenvalue weighted by molar-refractivity contribution is 0.0972. The summed E-state index contributed by atoms with van der Waals surface area (Å²) in [6.07, 6.45) is 21.7. The molecule has 1 aliphatic heterocycles.